The minimum Gasteiger partial charge on any atom is -0.504 e. The molecule has 0 fully saturated rings. The number of carbonyl (C=O) groups excluding carboxylic acids is 2. The molecule has 0 N–H and O–H groups in total. The summed E-state index contributed by atoms with van der Waals surface area (Å²) < 4.78 is 16.4. The fourth-order valence-corrected chi connectivity index (χ4v) is 2.63. The largest absolute Gasteiger partial charge is 0.504 e. The Morgan fingerprint density at radius 1 is 1.19 bits per heavy atom. The molecular weight excluding hydrogens is 372 g/mol. The first kappa shape index (κ1) is 20.5. The number of esters is 2. The van der Waals surface area contributed by atoms with Crippen LogP contribution in [0.5, 0.6) is 0 Å². The van der Waals surface area contributed by atoms with E-state index in [0.29, 0.717) is 17.7 Å². The van der Waals surface area contributed by atoms with E-state index in [4.69, 9.17) is 25.8 Å². The van der Waals surface area contributed by atoms with Crippen LogP contribution in [0.4, 0.5) is 0 Å². The number of rotatable bonds is 8. The van der Waals surface area contributed by atoms with Gasteiger partial charge in [0.2, 0.25) is 0 Å². The molecule has 1 aromatic heterocycles. The van der Waals surface area contributed by atoms with E-state index >= 15 is 0 Å². The summed E-state index contributed by atoms with van der Waals surface area (Å²) in [6.07, 6.45) is 2.95. The van der Waals surface area contributed by atoms with Crippen LogP contribution in [0.25, 0.3) is 6.08 Å². The highest BCUT2D eigenvalue weighted by atomic mass is 35.5. The van der Waals surface area contributed by atoms with Gasteiger partial charge in [-0.2, -0.15) is 5.10 Å². The highest BCUT2D eigenvalue weighted by Crippen LogP contribution is 2.24. The average molecular weight is 393 g/mol. The molecule has 0 atom stereocenters. The van der Waals surface area contributed by atoms with Gasteiger partial charge in [0, 0.05) is 5.56 Å². The van der Waals surface area contributed by atoms with Gasteiger partial charge >= 0.3 is 11.9 Å². The molecule has 0 radical (unpaired) electrons. The van der Waals surface area contributed by atoms with Crippen molar-refractivity contribution in [2.75, 3.05) is 20.3 Å². The molecule has 1 aromatic carbocycles. The highest BCUT2D eigenvalue weighted by Gasteiger charge is 2.22. The number of halogens is 1. The first-order valence-corrected chi connectivity index (χ1v) is 8.78. The van der Waals surface area contributed by atoms with Gasteiger partial charge in [0.15, 0.2) is 5.69 Å². The van der Waals surface area contributed by atoms with Crippen LogP contribution < -0.4 is 0 Å². The molecule has 0 amide bonds. The third-order valence-electron chi connectivity index (χ3n) is 3.53. The normalized spacial score (nSPS) is 10.8. The molecule has 0 aliphatic rings. The maximum atomic E-state index is 12.2. The van der Waals surface area contributed by atoms with E-state index in [0.717, 1.165) is 5.56 Å². The zero-order valence-electron chi connectivity index (χ0n) is 15.4. The SMILES string of the molecule is CCOC(=O)c1cccc(Cn2nc(C(=O)OCC)c(/C=C/OC)c2Cl)c1. The van der Waals surface area contributed by atoms with Crippen LogP contribution in [0, 0.1) is 0 Å². The van der Waals surface area contributed by atoms with Crippen molar-refractivity contribution in [1.82, 2.24) is 9.78 Å². The molecule has 0 aliphatic carbocycles. The third-order valence-corrected chi connectivity index (χ3v) is 3.93. The third kappa shape index (κ3) is 5.10. The summed E-state index contributed by atoms with van der Waals surface area (Å²) in [6, 6.07) is 6.94. The summed E-state index contributed by atoms with van der Waals surface area (Å²) >= 11 is 6.41. The Balaban J connectivity index is 2.36. The van der Waals surface area contributed by atoms with Crippen LogP contribution in [0.2, 0.25) is 5.15 Å². The summed E-state index contributed by atoms with van der Waals surface area (Å²) in [5, 5.41) is 4.53. The fraction of sp³-hybridized carbons (Fsp3) is 0.316. The molecule has 27 heavy (non-hydrogen) atoms. The lowest BCUT2D eigenvalue weighted by molar-refractivity contribution is 0.0512. The van der Waals surface area contributed by atoms with Crippen LogP contribution in [0.1, 0.15) is 45.8 Å². The summed E-state index contributed by atoms with van der Waals surface area (Å²) in [5.74, 6) is -0.976. The number of benzene rings is 1. The summed E-state index contributed by atoms with van der Waals surface area (Å²) in [6.45, 7) is 4.24. The van der Waals surface area contributed by atoms with E-state index in [-0.39, 0.29) is 24.0 Å². The molecule has 0 spiro atoms. The van der Waals surface area contributed by atoms with Gasteiger partial charge in [-0.1, -0.05) is 23.7 Å². The standard InChI is InChI=1S/C19H21ClN2O5/c1-4-26-18(23)14-8-6-7-13(11-14)12-22-17(20)15(9-10-25-3)16(21-22)19(24)27-5-2/h6-11H,4-5,12H2,1-3H3/b10-9+. The van der Waals surface area contributed by atoms with Crippen molar-refractivity contribution in [2.24, 2.45) is 0 Å². The van der Waals surface area contributed by atoms with Crippen LogP contribution in [-0.2, 0) is 20.8 Å². The van der Waals surface area contributed by atoms with E-state index in [2.05, 4.69) is 5.10 Å². The van der Waals surface area contributed by atoms with Crippen molar-refractivity contribution in [3.63, 3.8) is 0 Å². The molecule has 2 aromatic rings. The first-order valence-electron chi connectivity index (χ1n) is 8.40. The minimum absolute atomic E-state index is 0.0942. The molecule has 7 nitrogen and oxygen atoms in total. The Morgan fingerprint density at radius 2 is 1.89 bits per heavy atom. The number of ether oxygens (including phenoxy) is 3. The van der Waals surface area contributed by atoms with Crippen LogP contribution in [0.3, 0.4) is 0 Å². The Hall–Kier alpha value is -2.80. The van der Waals surface area contributed by atoms with Gasteiger partial charge in [-0.05, 0) is 37.6 Å². The Morgan fingerprint density at radius 3 is 2.56 bits per heavy atom. The molecule has 8 heteroatoms. The van der Waals surface area contributed by atoms with Crippen molar-refractivity contribution in [3.05, 3.63) is 58.1 Å². The molecule has 0 aliphatic heterocycles. The zero-order valence-corrected chi connectivity index (χ0v) is 16.2. The Labute approximate surface area is 162 Å². The monoisotopic (exact) mass is 392 g/mol. The van der Waals surface area contributed by atoms with Crippen molar-refractivity contribution >= 4 is 29.6 Å². The van der Waals surface area contributed by atoms with Crippen molar-refractivity contribution < 1.29 is 23.8 Å². The molecule has 0 saturated carbocycles. The summed E-state index contributed by atoms with van der Waals surface area (Å²) in [7, 11) is 1.49. The number of aromatic nitrogens is 2. The molecule has 0 unspecified atom stereocenters. The van der Waals surface area contributed by atoms with E-state index in [1.54, 1.807) is 38.1 Å². The maximum Gasteiger partial charge on any atom is 0.359 e. The van der Waals surface area contributed by atoms with Crippen LogP contribution >= 0.6 is 11.6 Å². The Bertz CT molecular complexity index is 845. The van der Waals surface area contributed by atoms with E-state index in [9.17, 15) is 9.59 Å². The second kappa shape index (κ2) is 9.78. The predicted octanol–water partition coefficient (Wildman–Crippen LogP) is 3.56. The van der Waals surface area contributed by atoms with Crippen molar-refractivity contribution in [2.45, 2.75) is 20.4 Å². The quantitative estimate of drug-likeness (QED) is 0.505. The number of nitrogens with zero attached hydrogens (tertiary/aromatic N) is 2. The number of methoxy groups -OCH3 is 1. The van der Waals surface area contributed by atoms with Gasteiger partial charge < -0.3 is 14.2 Å². The minimum atomic E-state index is -0.575. The van der Waals surface area contributed by atoms with E-state index < -0.39 is 11.9 Å². The average Bonchev–Trinajstić information content (AvgIpc) is 2.96. The number of carbonyl (C=O) groups is 2. The lowest BCUT2D eigenvalue weighted by Gasteiger charge is -2.06. The smallest absolute Gasteiger partial charge is 0.359 e. The van der Waals surface area contributed by atoms with Crippen molar-refractivity contribution in [3.8, 4) is 0 Å². The molecule has 1 heterocycles. The van der Waals surface area contributed by atoms with Crippen LogP contribution in [-0.4, -0.2) is 42.0 Å². The fourth-order valence-electron chi connectivity index (χ4n) is 2.38. The van der Waals surface area contributed by atoms with Gasteiger partial charge in [-0.15, -0.1) is 0 Å². The Kier molecular flexibility index (Phi) is 7.43. The lowest BCUT2D eigenvalue weighted by Crippen LogP contribution is -2.09. The molecular formula is C19H21ClN2O5. The van der Waals surface area contributed by atoms with Gasteiger partial charge in [0.25, 0.3) is 0 Å². The van der Waals surface area contributed by atoms with Gasteiger partial charge in [0.05, 0.1) is 38.7 Å². The topological polar surface area (TPSA) is 79.7 Å². The van der Waals surface area contributed by atoms with E-state index in [1.807, 2.05) is 6.07 Å². The number of hydrogen-bond donors (Lipinski definition) is 0. The van der Waals surface area contributed by atoms with E-state index in [1.165, 1.54) is 18.1 Å². The second-order valence-corrected chi connectivity index (χ2v) is 5.75. The predicted molar refractivity (Wildman–Crippen MR) is 101 cm³/mol. The van der Waals surface area contributed by atoms with Gasteiger partial charge in [-0.3, -0.25) is 0 Å². The summed E-state index contributed by atoms with van der Waals surface area (Å²) in [4.78, 5) is 24.1. The highest BCUT2D eigenvalue weighted by molar-refractivity contribution is 6.31. The van der Waals surface area contributed by atoms with Gasteiger partial charge in [-0.25, -0.2) is 14.3 Å². The van der Waals surface area contributed by atoms with Gasteiger partial charge in [0.1, 0.15) is 5.15 Å². The summed E-state index contributed by atoms with van der Waals surface area (Å²) in [5.41, 5.74) is 1.71. The van der Waals surface area contributed by atoms with Crippen molar-refractivity contribution in [1.29, 1.82) is 0 Å². The second-order valence-electron chi connectivity index (χ2n) is 5.39. The lowest BCUT2D eigenvalue weighted by atomic mass is 10.1. The molecule has 0 saturated heterocycles. The van der Waals surface area contributed by atoms with Crippen LogP contribution in [0.15, 0.2) is 30.5 Å². The maximum absolute atomic E-state index is 12.2. The molecule has 144 valence electrons. The number of hydrogen-bond acceptors (Lipinski definition) is 6. The zero-order chi connectivity index (χ0) is 19.8. The molecule has 0 bridgehead atoms. The first-order chi connectivity index (χ1) is 13.0. The molecule has 2 rings (SSSR count).